The first-order valence-corrected chi connectivity index (χ1v) is 11.0. The van der Waals surface area contributed by atoms with Gasteiger partial charge in [0.25, 0.3) is 0 Å². The van der Waals surface area contributed by atoms with Crippen LogP contribution in [0.3, 0.4) is 0 Å². The molecule has 3 aromatic rings. The molecule has 0 aromatic heterocycles. The van der Waals surface area contributed by atoms with Crippen molar-refractivity contribution in [1.29, 1.82) is 15.8 Å². The number of nitrogens with zero attached hydrogens (tertiary/aromatic N) is 3. The Labute approximate surface area is 209 Å². The molecule has 0 aliphatic heterocycles. The lowest BCUT2D eigenvalue weighted by molar-refractivity contribution is 0.0510. The van der Waals surface area contributed by atoms with Gasteiger partial charge in [0.15, 0.2) is 0 Å². The molecule has 3 N–H and O–H groups in total. The van der Waals surface area contributed by atoms with E-state index in [4.69, 9.17) is 31.0 Å². The van der Waals surface area contributed by atoms with Crippen molar-refractivity contribution in [1.82, 2.24) is 0 Å². The Bertz CT molecular complexity index is 1420. The van der Waals surface area contributed by atoms with Crippen LogP contribution in [0.1, 0.15) is 39.0 Å². The molecule has 0 aliphatic rings. The average Bonchev–Trinajstić information content (AvgIpc) is 2.87. The molecule has 0 aliphatic carbocycles. The van der Waals surface area contributed by atoms with Crippen LogP contribution in [0.25, 0.3) is 6.08 Å². The second-order valence-corrected chi connectivity index (χ2v) is 7.84. The van der Waals surface area contributed by atoms with E-state index in [1.165, 1.54) is 12.1 Å². The molecule has 0 amide bonds. The summed E-state index contributed by atoms with van der Waals surface area (Å²) >= 11 is 0. The Morgan fingerprint density at radius 2 is 1.75 bits per heavy atom. The van der Waals surface area contributed by atoms with Crippen molar-refractivity contribution in [3.63, 3.8) is 0 Å². The van der Waals surface area contributed by atoms with E-state index in [1.807, 2.05) is 38.1 Å². The fourth-order valence-electron chi connectivity index (χ4n) is 3.48. The fourth-order valence-corrected chi connectivity index (χ4v) is 3.48. The summed E-state index contributed by atoms with van der Waals surface area (Å²) in [7, 11) is 0. The zero-order valence-corrected chi connectivity index (χ0v) is 19.8. The number of nitrogen functional groups attached to an aromatic ring is 1. The maximum atomic E-state index is 12.8. The van der Waals surface area contributed by atoms with Crippen molar-refractivity contribution in [2.24, 2.45) is 0 Å². The van der Waals surface area contributed by atoms with E-state index in [-0.39, 0.29) is 30.0 Å². The first-order valence-electron chi connectivity index (χ1n) is 11.0. The maximum Gasteiger partial charge on any atom is 0.342 e. The van der Waals surface area contributed by atoms with Crippen LogP contribution in [0.4, 0.5) is 17.1 Å². The van der Waals surface area contributed by atoms with Crippen LogP contribution in [0.2, 0.25) is 0 Å². The van der Waals surface area contributed by atoms with Gasteiger partial charge in [0.2, 0.25) is 0 Å². The number of nitrogens with two attached hydrogens (primary N) is 1. The molecule has 0 saturated carbocycles. The molecule has 0 atom stereocenters. The molecular weight excluding hydrogens is 454 g/mol. The van der Waals surface area contributed by atoms with E-state index in [9.17, 15) is 4.79 Å². The number of carbonyl (C=O) groups is 1. The van der Waals surface area contributed by atoms with Crippen LogP contribution in [-0.2, 0) is 4.74 Å². The molecule has 0 bridgehead atoms. The highest BCUT2D eigenvalue weighted by atomic mass is 16.5. The number of nitrogens with one attached hydrogen (secondary N) is 1. The van der Waals surface area contributed by atoms with Crippen molar-refractivity contribution in [2.45, 2.75) is 20.3 Å². The van der Waals surface area contributed by atoms with Gasteiger partial charge in [0.05, 0.1) is 41.6 Å². The summed E-state index contributed by atoms with van der Waals surface area (Å²) in [5.41, 5.74) is 10.8. The molecule has 0 unspecified atom stereocenters. The number of hydrogen-bond donors (Lipinski definition) is 2. The van der Waals surface area contributed by atoms with Crippen LogP contribution in [0.15, 0.2) is 54.6 Å². The average molecular weight is 478 g/mol. The van der Waals surface area contributed by atoms with Crippen LogP contribution in [-0.4, -0.2) is 12.6 Å². The predicted octanol–water partition coefficient (Wildman–Crippen LogP) is 5.90. The molecule has 0 heterocycles. The monoisotopic (exact) mass is 477 g/mol. The number of aryl methyl sites for hydroxylation is 2. The Morgan fingerprint density at radius 1 is 1.06 bits per heavy atom. The van der Waals surface area contributed by atoms with Crippen molar-refractivity contribution in [2.75, 3.05) is 17.7 Å². The largest absolute Gasteiger partial charge is 0.461 e. The summed E-state index contributed by atoms with van der Waals surface area (Å²) in [4.78, 5) is 12.8. The lowest BCUT2D eigenvalue weighted by atomic mass is 10.0. The Hall–Kier alpha value is -5.26. The lowest BCUT2D eigenvalue weighted by Crippen LogP contribution is -2.10. The van der Waals surface area contributed by atoms with Gasteiger partial charge >= 0.3 is 5.97 Å². The standard InChI is InChI=1S/C28H23N5O3/c1-18-13-21(5-3-10-29)14-19(2)27(18)36-26-16-25(33-22-8-6-20(17-31)7-9-22)24(32)15-23(26)28(34)35-12-4-11-30/h3,5-9,13-16,33H,4,12,32H2,1-2H3/b5-3+. The normalized spacial score (nSPS) is 10.2. The third-order valence-electron chi connectivity index (χ3n) is 5.16. The minimum absolute atomic E-state index is 0.0576. The number of carbonyl (C=O) groups excluding carboxylic acids is 1. The van der Waals surface area contributed by atoms with Gasteiger partial charge in [-0.3, -0.25) is 0 Å². The SMILES string of the molecule is Cc1cc(/C=C/C#N)cc(C)c1Oc1cc(Nc2ccc(C#N)cc2)c(N)cc1C(=O)OCCC#N. The molecule has 3 rings (SSSR count). The third kappa shape index (κ3) is 6.20. The van der Waals surface area contributed by atoms with E-state index in [0.29, 0.717) is 22.7 Å². The number of anilines is 3. The Kier molecular flexibility index (Phi) is 8.27. The first kappa shape index (κ1) is 25.4. The second kappa shape index (κ2) is 11.7. The smallest absolute Gasteiger partial charge is 0.342 e. The summed E-state index contributed by atoms with van der Waals surface area (Å²) < 4.78 is 11.5. The molecule has 0 saturated heterocycles. The number of benzene rings is 3. The summed E-state index contributed by atoms with van der Waals surface area (Å²) in [6, 6.07) is 19.6. The molecule has 3 aromatic carbocycles. The highest BCUT2D eigenvalue weighted by Gasteiger charge is 2.20. The number of ether oxygens (including phenoxy) is 2. The Balaban J connectivity index is 2.03. The summed E-state index contributed by atoms with van der Waals surface area (Å²) in [6.45, 7) is 3.67. The van der Waals surface area contributed by atoms with Gasteiger partial charge in [0.1, 0.15) is 23.7 Å². The minimum Gasteiger partial charge on any atom is -0.461 e. The molecule has 36 heavy (non-hydrogen) atoms. The maximum absolute atomic E-state index is 12.8. The summed E-state index contributed by atoms with van der Waals surface area (Å²) in [5, 5.41) is 29.8. The number of hydrogen-bond acceptors (Lipinski definition) is 8. The predicted molar refractivity (Wildman–Crippen MR) is 136 cm³/mol. The van der Waals surface area contributed by atoms with E-state index in [0.717, 1.165) is 16.7 Å². The summed E-state index contributed by atoms with van der Waals surface area (Å²) in [6.07, 6.45) is 3.15. The van der Waals surface area contributed by atoms with Crippen LogP contribution in [0, 0.1) is 47.8 Å². The highest BCUT2D eigenvalue weighted by molar-refractivity contribution is 5.96. The van der Waals surface area contributed by atoms with E-state index in [2.05, 4.69) is 11.4 Å². The van der Waals surface area contributed by atoms with Gasteiger partial charge in [-0.05, 0) is 79.1 Å². The molecule has 8 nitrogen and oxygen atoms in total. The van der Waals surface area contributed by atoms with Gasteiger partial charge < -0.3 is 20.5 Å². The topological polar surface area (TPSA) is 145 Å². The van der Waals surface area contributed by atoms with E-state index < -0.39 is 5.97 Å². The molecule has 178 valence electrons. The minimum atomic E-state index is -0.666. The van der Waals surface area contributed by atoms with Crippen molar-refractivity contribution in [3.05, 3.63) is 82.4 Å². The highest BCUT2D eigenvalue weighted by Crippen LogP contribution is 2.37. The van der Waals surface area contributed by atoms with Gasteiger partial charge in [-0.15, -0.1) is 0 Å². The molecule has 0 spiro atoms. The zero-order valence-electron chi connectivity index (χ0n) is 19.8. The van der Waals surface area contributed by atoms with Crippen LogP contribution >= 0.6 is 0 Å². The molecule has 0 radical (unpaired) electrons. The van der Waals surface area contributed by atoms with E-state index in [1.54, 1.807) is 36.4 Å². The number of esters is 1. The van der Waals surface area contributed by atoms with Gasteiger partial charge in [-0.2, -0.15) is 15.8 Å². The van der Waals surface area contributed by atoms with Crippen LogP contribution in [0.5, 0.6) is 11.5 Å². The van der Waals surface area contributed by atoms with Gasteiger partial charge in [0, 0.05) is 17.8 Å². The molecular formula is C28H23N5O3. The van der Waals surface area contributed by atoms with E-state index >= 15 is 0 Å². The fraction of sp³-hybridized carbons (Fsp3) is 0.143. The lowest BCUT2D eigenvalue weighted by Gasteiger charge is -2.18. The number of rotatable bonds is 8. The molecule has 8 heteroatoms. The van der Waals surface area contributed by atoms with Gasteiger partial charge in [-0.1, -0.05) is 0 Å². The number of allylic oxidation sites excluding steroid dienone is 1. The first-order chi connectivity index (χ1) is 17.4. The quantitative estimate of drug-likeness (QED) is 0.176. The van der Waals surface area contributed by atoms with Crippen molar-refractivity contribution in [3.8, 4) is 29.7 Å². The Morgan fingerprint density at radius 3 is 2.36 bits per heavy atom. The zero-order chi connectivity index (χ0) is 26.1. The van der Waals surface area contributed by atoms with Crippen molar-refractivity contribution >= 4 is 29.1 Å². The van der Waals surface area contributed by atoms with Crippen molar-refractivity contribution < 1.29 is 14.3 Å². The second-order valence-electron chi connectivity index (χ2n) is 7.84. The summed E-state index contributed by atoms with van der Waals surface area (Å²) in [5.74, 6) is 0.0962. The third-order valence-corrected chi connectivity index (χ3v) is 5.16. The number of nitriles is 3. The van der Waals surface area contributed by atoms with Gasteiger partial charge in [-0.25, -0.2) is 4.79 Å². The van der Waals surface area contributed by atoms with Crippen LogP contribution < -0.4 is 15.8 Å². The molecule has 0 fully saturated rings.